The number of carbonyl (C=O) groups is 1. The van der Waals surface area contributed by atoms with Crippen molar-refractivity contribution < 1.29 is 14.3 Å². The van der Waals surface area contributed by atoms with E-state index < -0.39 is 0 Å². The molecule has 30 heavy (non-hydrogen) atoms. The summed E-state index contributed by atoms with van der Waals surface area (Å²) in [4.78, 5) is 14.8. The summed E-state index contributed by atoms with van der Waals surface area (Å²) in [5.74, 6) is 0.0128. The van der Waals surface area contributed by atoms with Gasteiger partial charge in [0.05, 0.1) is 17.9 Å². The number of piperidine rings is 1. The molecule has 0 radical (unpaired) electrons. The number of ether oxygens (including phenoxy) is 2. The highest BCUT2D eigenvalue weighted by Gasteiger charge is 2.47. The molecular formula is C24H31N3O3. The lowest BCUT2D eigenvalue weighted by Crippen LogP contribution is -2.57. The topological polar surface area (TPSA) is 56.6 Å². The Labute approximate surface area is 178 Å². The van der Waals surface area contributed by atoms with Gasteiger partial charge in [0.1, 0.15) is 6.10 Å². The third kappa shape index (κ3) is 4.20. The summed E-state index contributed by atoms with van der Waals surface area (Å²) in [5, 5.41) is 4.42. The normalized spacial score (nSPS) is 24.2. The molecule has 2 fully saturated rings. The monoisotopic (exact) mass is 409 g/mol. The summed E-state index contributed by atoms with van der Waals surface area (Å²) >= 11 is 0. The average Bonchev–Trinajstić information content (AvgIpc) is 3.31. The Balaban J connectivity index is 1.45. The van der Waals surface area contributed by atoms with Gasteiger partial charge in [0.2, 0.25) is 5.91 Å². The highest BCUT2D eigenvalue weighted by Crippen LogP contribution is 2.38. The second-order valence-corrected chi connectivity index (χ2v) is 8.38. The number of hydrogen-bond acceptors (Lipinski definition) is 4. The Morgan fingerprint density at radius 1 is 1.30 bits per heavy atom. The summed E-state index contributed by atoms with van der Waals surface area (Å²) in [6, 6.07) is 10.2. The van der Waals surface area contributed by atoms with E-state index in [2.05, 4.69) is 17.2 Å². The van der Waals surface area contributed by atoms with E-state index in [1.54, 1.807) is 6.08 Å². The number of likely N-dealkylation sites (tertiary alicyclic amines) is 1. The molecule has 0 aliphatic carbocycles. The highest BCUT2D eigenvalue weighted by atomic mass is 16.6. The molecule has 6 nitrogen and oxygen atoms in total. The molecule has 2 aliphatic heterocycles. The van der Waals surface area contributed by atoms with Crippen LogP contribution >= 0.6 is 0 Å². The first-order valence-corrected chi connectivity index (χ1v) is 10.8. The maximum atomic E-state index is 12.9. The van der Waals surface area contributed by atoms with E-state index in [1.807, 2.05) is 54.8 Å². The lowest BCUT2D eigenvalue weighted by molar-refractivity contribution is -0.165. The van der Waals surface area contributed by atoms with E-state index in [9.17, 15) is 4.79 Å². The van der Waals surface area contributed by atoms with Crippen LogP contribution < -0.4 is 0 Å². The van der Waals surface area contributed by atoms with E-state index in [1.165, 1.54) is 0 Å². The Kier molecular flexibility index (Phi) is 6.06. The van der Waals surface area contributed by atoms with Crippen LogP contribution in [-0.4, -0.2) is 52.0 Å². The van der Waals surface area contributed by atoms with Gasteiger partial charge < -0.3 is 14.4 Å². The number of amides is 1. The number of aromatic nitrogens is 2. The molecule has 0 unspecified atom stereocenters. The maximum Gasteiger partial charge on any atom is 0.246 e. The molecule has 0 saturated carbocycles. The predicted octanol–water partition coefficient (Wildman–Crippen LogP) is 3.42. The molecule has 2 aromatic rings. The minimum Gasteiger partial charge on any atom is -0.372 e. The van der Waals surface area contributed by atoms with E-state index in [0.29, 0.717) is 19.7 Å². The van der Waals surface area contributed by atoms with Gasteiger partial charge in [-0.15, -0.1) is 0 Å². The molecule has 6 heteroatoms. The van der Waals surface area contributed by atoms with Gasteiger partial charge in [-0.3, -0.25) is 9.48 Å². The zero-order valence-electron chi connectivity index (χ0n) is 18.1. The Hall–Kier alpha value is -2.44. The van der Waals surface area contributed by atoms with Crippen LogP contribution in [0.4, 0.5) is 0 Å². The standard InChI is InChI=1S/C24H31N3O3/c1-18-21(19(2)26(3)25-18)10-11-23(28)27-14-13-24(12-7-15-30-24)22(16-27)29-17-20-8-5-4-6-9-20/h4-6,8-11,22H,7,12-17H2,1-3H3/b11-10+/t22-,24-/m0/s1. The molecule has 2 atom stereocenters. The number of carbonyl (C=O) groups excluding carboxylic acids is 1. The van der Waals surface area contributed by atoms with E-state index >= 15 is 0 Å². The van der Waals surface area contributed by atoms with Crippen LogP contribution in [-0.2, 0) is 27.9 Å². The van der Waals surface area contributed by atoms with Gasteiger partial charge in [-0.25, -0.2) is 0 Å². The van der Waals surface area contributed by atoms with Crippen molar-refractivity contribution >= 4 is 12.0 Å². The van der Waals surface area contributed by atoms with Crippen molar-refractivity contribution in [2.45, 2.75) is 51.4 Å². The van der Waals surface area contributed by atoms with Gasteiger partial charge >= 0.3 is 0 Å². The quantitative estimate of drug-likeness (QED) is 0.710. The second kappa shape index (κ2) is 8.74. The largest absolute Gasteiger partial charge is 0.372 e. The van der Waals surface area contributed by atoms with Crippen molar-refractivity contribution in [3.8, 4) is 0 Å². The fourth-order valence-electron chi connectivity index (χ4n) is 4.58. The molecule has 1 aromatic heterocycles. The first kappa shape index (κ1) is 20.8. The fourth-order valence-corrected chi connectivity index (χ4v) is 4.58. The molecule has 3 heterocycles. The van der Waals surface area contributed by atoms with E-state index in [-0.39, 0.29) is 17.6 Å². The molecule has 1 amide bonds. The number of rotatable bonds is 5. The van der Waals surface area contributed by atoms with Gasteiger partial charge in [-0.2, -0.15) is 5.10 Å². The fraction of sp³-hybridized carbons (Fsp3) is 0.500. The lowest BCUT2D eigenvalue weighted by atomic mass is 9.85. The average molecular weight is 410 g/mol. The predicted molar refractivity (Wildman–Crippen MR) is 116 cm³/mol. The van der Waals surface area contributed by atoms with Crippen molar-refractivity contribution in [1.29, 1.82) is 0 Å². The zero-order chi connectivity index (χ0) is 21.1. The molecule has 0 bridgehead atoms. The van der Waals surface area contributed by atoms with Crippen molar-refractivity contribution in [2.24, 2.45) is 7.05 Å². The number of nitrogens with zero attached hydrogens (tertiary/aromatic N) is 3. The van der Waals surface area contributed by atoms with Crippen molar-refractivity contribution in [3.63, 3.8) is 0 Å². The molecule has 160 valence electrons. The van der Waals surface area contributed by atoms with Gasteiger partial charge in [0.15, 0.2) is 0 Å². The Morgan fingerprint density at radius 3 is 2.77 bits per heavy atom. The van der Waals surface area contributed by atoms with Crippen molar-refractivity contribution in [3.05, 3.63) is 58.9 Å². The zero-order valence-corrected chi connectivity index (χ0v) is 18.1. The Morgan fingerprint density at radius 2 is 2.10 bits per heavy atom. The first-order chi connectivity index (χ1) is 14.5. The summed E-state index contributed by atoms with van der Waals surface area (Å²) in [5.41, 5.74) is 3.87. The van der Waals surface area contributed by atoms with Crippen LogP contribution in [0, 0.1) is 13.8 Å². The summed E-state index contributed by atoms with van der Waals surface area (Å²) in [7, 11) is 1.92. The van der Waals surface area contributed by atoms with Gasteiger partial charge in [-0.1, -0.05) is 30.3 Å². The highest BCUT2D eigenvalue weighted by molar-refractivity contribution is 5.92. The Bertz CT molecular complexity index is 913. The number of benzene rings is 1. The molecule has 1 aromatic carbocycles. The number of hydrogen-bond donors (Lipinski definition) is 0. The lowest BCUT2D eigenvalue weighted by Gasteiger charge is -2.44. The van der Waals surface area contributed by atoms with Gasteiger partial charge in [-0.05, 0) is 44.7 Å². The third-order valence-electron chi connectivity index (χ3n) is 6.47. The molecule has 2 aliphatic rings. The SMILES string of the molecule is Cc1nn(C)c(C)c1/C=C/C(=O)N1CC[C@@]2(CCCO2)[C@@H](OCc2ccccc2)C1. The number of aryl methyl sites for hydroxylation is 2. The van der Waals surface area contributed by atoms with Crippen molar-refractivity contribution in [2.75, 3.05) is 19.7 Å². The molecule has 4 rings (SSSR count). The molecule has 2 saturated heterocycles. The third-order valence-corrected chi connectivity index (χ3v) is 6.47. The van der Waals surface area contributed by atoms with Gasteiger partial charge in [0, 0.05) is 44.1 Å². The van der Waals surface area contributed by atoms with E-state index in [0.717, 1.165) is 48.4 Å². The first-order valence-electron chi connectivity index (χ1n) is 10.8. The van der Waals surface area contributed by atoms with E-state index in [4.69, 9.17) is 9.47 Å². The van der Waals surface area contributed by atoms with Crippen LogP contribution in [0.3, 0.4) is 0 Å². The molecule has 1 spiro atoms. The van der Waals surface area contributed by atoms with Crippen LogP contribution in [0.2, 0.25) is 0 Å². The minimum atomic E-state index is -0.258. The van der Waals surface area contributed by atoms with Crippen LogP contribution in [0.1, 0.15) is 41.8 Å². The molecule has 0 N–H and O–H groups in total. The van der Waals surface area contributed by atoms with Crippen molar-refractivity contribution in [1.82, 2.24) is 14.7 Å². The second-order valence-electron chi connectivity index (χ2n) is 8.38. The van der Waals surface area contributed by atoms with Crippen LogP contribution in [0.5, 0.6) is 0 Å². The summed E-state index contributed by atoms with van der Waals surface area (Å²) in [6.07, 6.45) is 6.30. The summed E-state index contributed by atoms with van der Waals surface area (Å²) in [6.45, 7) is 6.54. The van der Waals surface area contributed by atoms with Crippen LogP contribution in [0.15, 0.2) is 36.4 Å². The minimum absolute atomic E-state index is 0.0128. The maximum absolute atomic E-state index is 12.9. The van der Waals surface area contributed by atoms with Crippen LogP contribution in [0.25, 0.3) is 6.08 Å². The summed E-state index contributed by atoms with van der Waals surface area (Å²) < 4.78 is 14.4. The smallest absolute Gasteiger partial charge is 0.246 e. The molecular weight excluding hydrogens is 378 g/mol. The van der Waals surface area contributed by atoms with Gasteiger partial charge in [0.25, 0.3) is 0 Å².